The van der Waals surface area contributed by atoms with Gasteiger partial charge in [-0.1, -0.05) is 29.8 Å². The van der Waals surface area contributed by atoms with E-state index in [2.05, 4.69) is 10.1 Å². The molecule has 2 aromatic carbocycles. The third kappa shape index (κ3) is 4.59. The Morgan fingerprint density at radius 3 is 2.52 bits per heavy atom. The molecule has 0 aliphatic heterocycles. The molecule has 1 amide bonds. The lowest BCUT2D eigenvalue weighted by Crippen LogP contribution is -2.18. The number of carbonyl (C=O) groups is 2. The first-order valence-corrected chi connectivity index (χ1v) is 9.04. The van der Waals surface area contributed by atoms with Gasteiger partial charge in [-0.05, 0) is 24.0 Å². The average molecular weight is 426 g/mol. The van der Waals surface area contributed by atoms with Crippen LogP contribution < -0.4 is 14.8 Å². The van der Waals surface area contributed by atoms with Crippen LogP contribution in [-0.4, -0.2) is 32.7 Å². The van der Waals surface area contributed by atoms with Crippen molar-refractivity contribution < 1.29 is 32.6 Å². The van der Waals surface area contributed by atoms with Crippen molar-refractivity contribution in [1.29, 1.82) is 0 Å². The van der Waals surface area contributed by atoms with Gasteiger partial charge in [-0.15, -0.1) is 0 Å². The van der Waals surface area contributed by atoms with E-state index in [1.165, 1.54) is 13.2 Å². The van der Waals surface area contributed by atoms with E-state index >= 15 is 0 Å². The number of alkyl halides is 2. The average Bonchev–Trinajstić information content (AvgIpc) is 3.48. The van der Waals surface area contributed by atoms with Crippen LogP contribution in [0, 0.1) is 5.92 Å². The monoisotopic (exact) mass is 425 g/mol. The summed E-state index contributed by atoms with van der Waals surface area (Å²) in [7, 11) is 2.41. The molecule has 0 saturated heterocycles. The van der Waals surface area contributed by atoms with Gasteiger partial charge in [0.2, 0.25) is 5.91 Å². The summed E-state index contributed by atoms with van der Waals surface area (Å²) in [5.41, 5.74) is 0.802. The third-order valence-corrected chi connectivity index (χ3v) is 4.96. The van der Waals surface area contributed by atoms with Crippen LogP contribution in [0.1, 0.15) is 28.3 Å². The maximum absolute atomic E-state index is 12.7. The van der Waals surface area contributed by atoms with E-state index in [0.29, 0.717) is 11.4 Å². The fourth-order valence-electron chi connectivity index (χ4n) is 3.12. The summed E-state index contributed by atoms with van der Waals surface area (Å²) in [4.78, 5) is 24.8. The molecule has 0 aromatic heterocycles. The van der Waals surface area contributed by atoms with Crippen LogP contribution in [0.3, 0.4) is 0 Å². The van der Waals surface area contributed by atoms with E-state index < -0.39 is 12.6 Å². The largest absolute Gasteiger partial charge is 0.493 e. The zero-order chi connectivity index (χ0) is 21.1. The first kappa shape index (κ1) is 20.9. The molecule has 154 valence electrons. The molecule has 6 nitrogen and oxygen atoms in total. The van der Waals surface area contributed by atoms with Crippen molar-refractivity contribution in [2.75, 3.05) is 19.5 Å². The van der Waals surface area contributed by atoms with Gasteiger partial charge in [0.05, 0.1) is 25.5 Å². The molecule has 2 atom stereocenters. The fourth-order valence-corrected chi connectivity index (χ4v) is 3.40. The molecule has 0 radical (unpaired) electrons. The molecule has 2 aromatic rings. The van der Waals surface area contributed by atoms with E-state index in [9.17, 15) is 18.4 Å². The van der Waals surface area contributed by atoms with Crippen molar-refractivity contribution in [3.8, 4) is 11.5 Å². The van der Waals surface area contributed by atoms with Gasteiger partial charge in [0.25, 0.3) is 0 Å². The summed E-state index contributed by atoms with van der Waals surface area (Å²) < 4.78 is 39.5. The highest BCUT2D eigenvalue weighted by molar-refractivity contribution is 6.31. The minimum Gasteiger partial charge on any atom is -0.493 e. The topological polar surface area (TPSA) is 73.9 Å². The second kappa shape index (κ2) is 8.65. The molecule has 1 fully saturated rings. The van der Waals surface area contributed by atoms with Gasteiger partial charge in [0.1, 0.15) is 0 Å². The Balaban J connectivity index is 1.86. The number of methoxy groups -OCH3 is 2. The van der Waals surface area contributed by atoms with Crippen molar-refractivity contribution in [2.45, 2.75) is 19.0 Å². The normalized spacial score (nSPS) is 17.6. The van der Waals surface area contributed by atoms with Gasteiger partial charge in [0.15, 0.2) is 11.5 Å². The number of hydrogen-bond donors (Lipinski definition) is 1. The molecule has 0 heterocycles. The molecule has 0 bridgehead atoms. The van der Waals surface area contributed by atoms with Crippen LogP contribution in [0.25, 0.3) is 0 Å². The number of anilines is 1. The summed E-state index contributed by atoms with van der Waals surface area (Å²) >= 11 is 6.18. The molecule has 29 heavy (non-hydrogen) atoms. The fraction of sp³-hybridized carbons (Fsp3) is 0.300. The summed E-state index contributed by atoms with van der Waals surface area (Å²) in [5, 5.41) is 3.18. The van der Waals surface area contributed by atoms with Crippen LogP contribution in [0.5, 0.6) is 11.5 Å². The van der Waals surface area contributed by atoms with Crippen LogP contribution >= 0.6 is 11.6 Å². The number of hydrogen-bond acceptors (Lipinski definition) is 5. The molecule has 1 aliphatic carbocycles. The zero-order valence-corrected chi connectivity index (χ0v) is 16.3. The van der Waals surface area contributed by atoms with E-state index in [4.69, 9.17) is 21.1 Å². The second-order valence-electron chi connectivity index (χ2n) is 6.38. The van der Waals surface area contributed by atoms with Crippen molar-refractivity contribution in [3.63, 3.8) is 0 Å². The molecule has 1 N–H and O–H groups in total. The van der Waals surface area contributed by atoms with Crippen molar-refractivity contribution >= 4 is 29.2 Å². The standard InChI is InChI=1S/C20H18ClF2NO5/c1-27-16-8-13(19(26)28-2)15(9-17(16)29-20(22)23)24-18(25)12-7-11(12)10-5-3-4-6-14(10)21/h3-6,8-9,11-12,20H,7H2,1-2H3,(H,24,25). The van der Waals surface area contributed by atoms with Crippen LogP contribution in [0.4, 0.5) is 14.5 Å². The summed E-state index contributed by atoms with van der Waals surface area (Å²) in [6, 6.07) is 9.52. The van der Waals surface area contributed by atoms with E-state index in [0.717, 1.165) is 18.7 Å². The first-order chi connectivity index (χ1) is 13.8. The number of rotatable bonds is 7. The lowest BCUT2D eigenvalue weighted by Gasteiger charge is -2.15. The minimum absolute atomic E-state index is 0.0110. The quantitative estimate of drug-likeness (QED) is 0.662. The van der Waals surface area contributed by atoms with Gasteiger partial charge in [-0.25, -0.2) is 4.79 Å². The number of carbonyl (C=O) groups excluding carboxylic acids is 2. The van der Waals surface area contributed by atoms with E-state index in [1.807, 2.05) is 12.1 Å². The summed E-state index contributed by atoms with van der Waals surface area (Å²) in [6.45, 7) is -3.11. The summed E-state index contributed by atoms with van der Waals surface area (Å²) in [6.07, 6.45) is 0.583. The predicted molar refractivity (Wildman–Crippen MR) is 102 cm³/mol. The van der Waals surface area contributed by atoms with Crippen molar-refractivity contribution in [2.24, 2.45) is 5.92 Å². The summed E-state index contributed by atoms with van der Waals surface area (Å²) in [5.74, 6) is -1.95. The molecule has 1 aliphatic rings. The van der Waals surface area contributed by atoms with Crippen molar-refractivity contribution in [1.82, 2.24) is 0 Å². The van der Waals surface area contributed by atoms with E-state index in [-0.39, 0.29) is 40.5 Å². The van der Waals surface area contributed by atoms with Gasteiger partial charge in [0, 0.05) is 23.1 Å². The Morgan fingerprint density at radius 2 is 1.90 bits per heavy atom. The van der Waals surface area contributed by atoms with Crippen LogP contribution in [0.15, 0.2) is 36.4 Å². The number of esters is 1. The highest BCUT2D eigenvalue weighted by Crippen LogP contribution is 2.50. The maximum Gasteiger partial charge on any atom is 0.387 e. The number of nitrogens with one attached hydrogen (secondary N) is 1. The minimum atomic E-state index is -3.11. The maximum atomic E-state index is 12.7. The molecular weight excluding hydrogens is 408 g/mol. The van der Waals surface area contributed by atoms with Gasteiger partial charge >= 0.3 is 12.6 Å². The molecule has 0 spiro atoms. The molecule has 9 heteroatoms. The first-order valence-electron chi connectivity index (χ1n) is 8.66. The smallest absolute Gasteiger partial charge is 0.387 e. The Morgan fingerprint density at radius 1 is 1.17 bits per heavy atom. The molecule has 3 rings (SSSR count). The molecule has 2 unspecified atom stereocenters. The predicted octanol–water partition coefficient (Wildman–Crippen LogP) is 4.48. The highest BCUT2D eigenvalue weighted by Gasteiger charge is 2.45. The number of amides is 1. The van der Waals surface area contributed by atoms with Crippen LogP contribution in [-0.2, 0) is 9.53 Å². The molecule has 1 saturated carbocycles. The Bertz CT molecular complexity index is 937. The van der Waals surface area contributed by atoms with Crippen molar-refractivity contribution in [3.05, 3.63) is 52.5 Å². The Labute approximate surface area is 170 Å². The number of ether oxygens (including phenoxy) is 3. The Hall–Kier alpha value is -2.87. The van der Waals surface area contributed by atoms with Crippen LogP contribution in [0.2, 0.25) is 5.02 Å². The van der Waals surface area contributed by atoms with Gasteiger partial charge in [-0.2, -0.15) is 8.78 Å². The van der Waals surface area contributed by atoms with E-state index in [1.54, 1.807) is 12.1 Å². The second-order valence-corrected chi connectivity index (χ2v) is 6.79. The zero-order valence-electron chi connectivity index (χ0n) is 15.6. The highest BCUT2D eigenvalue weighted by atomic mass is 35.5. The molecular formula is C20H18ClF2NO5. The van der Waals surface area contributed by atoms with Gasteiger partial charge in [-0.3, -0.25) is 4.79 Å². The lowest BCUT2D eigenvalue weighted by atomic mass is 10.1. The number of benzene rings is 2. The Kier molecular flexibility index (Phi) is 6.22. The van der Waals surface area contributed by atoms with Gasteiger partial charge < -0.3 is 19.5 Å². The third-order valence-electron chi connectivity index (χ3n) is 4.61. The lowest BCUT2D eigenvalue weighted by molar-refractivity contribution is -0.117. The number of halogens is 3. The SMILES string of the molecule is COC(=O)c1cc(OC)c(OC(F)F)cc1NC(=O)C1CC1c1ccccc1Cl.